The molecule has 0 radical (unpaired) electrons. The van der Waals surface area contributed by atoms with E-state index in [1.54, 1.807) is 12.1 Å². The minimum Gasteiger partial charge on any atom is -0.544 e. The second-order valence-electron chi connectivity index (χ2n) is 4.52. The Morgan fingerprint density at radius 1 is 1.65 bits per heavy atom. The molecule has 5 heteroatoms. The largest absolute Gasteiger partial charge is 0.544 e. The summed E-state index contributed by atoms with van der Waals surface area (Å²) in [7, 11) is 0. The molecular formula is C15H14NO4-. The average molecular weight is 272 g/mol. The van der Waals surface area contributed by atoms with Gasteiger partial charge in [-0.2, -0.15) is 5.26 Å². The Morgan fingerprint density at radius 2 is 2.40 bits per heavy atom. The van der Waals surface area contributed by atoms with Crippen molar-refractivity contribution < 1.29 is 19.4 Å². The number of hydrogen-bond acceptors (Lipinski definition) is 5. The fraction of sp³-hybridized carbons (Fsp3) is 0.333. The van der Waals surface area contributed by atoms with Gasteiger partial charge in [0, 0.05) is 17.5 Å². The summed E-state index contributed by atoms with van der Waals surface area (Å²) in [6, 6.07) is 5.13. The van der Waals surface area contributed by atoms with E-state index in [4.69, 9.17) is 14.7 Å². The van der Waals surface area contributed by atoms with E-state index >= 15 is 0 Å². The Labute approximate surface area is 117 Å². The van der Waals surface area contributed by atoms with Gasteiger partial charge in [0.15, 0.2) is 0 Å². The summed E-state index contributed by atoms with van der Waals surface area (Å²) in [5.74, 6) is -0.273. The number of benzene rings is 1. The van der Waals surface area contributed by atoms with Gasteiger partial charge in [0.1, 0.15) is 23.7 Å². The van der Waals surface area contributed by atoms with Crippen LogP contribution in [-0.4, -0.2) is 18.7 Å². The SMILES string of the molecule is CCOc1cc2c(cc1/C=C(\C#N)C(=O)[O-])O[C@@H](C)C2. The summed E-state index contributed by atoms with van der Waals surface area (Å²) < 4.78 is 11.1. The van der Waals surface area contributed by atoms with Crippen LogP contribution < -0.4 is 14.6 Å². The molecule has 0 aliphatic carbocycles. The average Bonchev–Trinajstić information content (AvgIpc) is 2.74. The van der Waals surface area contributed by atoms with Crippen LogP contribution >= 0.6 is 0 Å². The lowest BCUT2D eigenvalue weighted by Crippen LogP contribution is -2.23. The lowest BCUT2D eigenvalue weighted by molar-refractivity contribution is -0.298. The first-order chi connectivity index (χ1) is 9.55. The summed E-state index contributed by atoms with van der Waals surface area (Å²) in [6.45, 7) is 4.24. The van der Waals surface area contributed by atoms with Crippen molar-refractivity contribution >= 4 is 12.0 Å². The normalized spacial score (nSPS) is 17.1. The van der Waals surface area contributed by atoms with Crippen LogP contribution in [0.4, 0.5) is 0 Å². The number of rotatable bonds is 4. The maximum atomic E-state index is 10.8. The zero-order chi connectivity index (χ0) is 14.7. The first-order valence-electron chi connectivity index (χ1n) is 6.34. The van der Waals surface area contributed by atoms with E-state index in [-0.39, 0.29) is 6.10 Å². The van der Waals surface area contributed by atoms with Crippen LogP contribution in [0.15, 0.2) is 17.7 Å². The molecule has 0 N–H and O–H groups in total. The van der Waals surface area contributed by atoms with E-state index < -0.39 is 11.5 Å². The predicted molar refractivity (Wildman–Crippen MR) is 70.0 cm³/mol. The number of carboxylic acids is 1. The molecule has 0 bridgehead atoms. The van der Waals surface area contributed by atoms with Crippen LogP contribution in [0.25, 0.3) is 6.08 Å². The van der Waals surface area contributed by atoms with E-state index in [1.807, 2.05) is 19.9 Å². The van der Waals surface area contributed by atoms with Gasteiger partial charge in [-0.15, -0.1) is 0 Å². The molecule has 1 aliphatic rings. The smallest absolute Gasteiger partial charge is 0.127 e. The van der Waals surface area contributed by atoms with Gasteiger partial charge in [-0.3, -0.25) is 0 Å². The van der Waals surface area contributed by atoms with Crippen molar-refractivity contribution in [1.29, 1.82) is 5.26 Å². The third-order valence-electron chi connectivity index (χ3n) is 2.97. The molecule has 2 rings (SSSR count). The number of hydrogen-bond donors (Lipinski definition) is 0. The van der Waals surface area contributed by atoms with Crippen LogP contribution in [-0.2, 0) is 11.2 Å². The predicted octanol–water partition coefficient (Wildman–Crippen LogP) is 1.07. The molecule has 104 valence electrons. The molecule has 1 atom stereocenters. The molecule has 0 aromatic heterocycles. The van der Waals surface area contributed by atoms with Gasteiger partial charge in [-0.25, -0.2) is 0 Å². The van der Waals surface area contributed by atoms with Crippen molar-refractivity contribution in [2.24, 2.45) is 0 Å². The second kappa shape index (κ2) is 5.66. The van der Waals surface area contributed by atoms with Crippen molar-refractivity contribution in [3.63, 3.8) is 0 Å². The topological polar surface area (TPSA) is 82.4 Å². The minimum absolute atomic E-state index is 0.0790. The van der Waals surface area contributed by atoms with Crippen LogP contribution in [0.3, 0.4) is 0 Å². The third-order valence-corrected chi connectivity index (χ3v) is 2.97. The fourth-order valence-corrected chi connectivity index (χ4v) is 2.14. The van der Waals surface area contributed by atoms with Gasteiger partial charge < -0.3 is 19.4 Å². The van der Waals surface area contributed by atoms with Crippen molar-refractivity contribution in [2.75, 3.05) is 6.61 Å². The van der Waals surface area contributed by atoms with Crippen LogP contribution in [0.1, 0.15) is 25.0 Å². The summed E-state index contributed by atoms with van der Waals surface area (Å²) >= 11 is 0. The zero-order valence-electron chi connectivity index (χ0n) is 11.3. The Kier molecular flexibility index (Phi) is 3.94. The number of carbonyl (C=O) groups is 1. The van der Waals surface area contributed by atoms with Crippen molar-refractivity contribution in [3.05, 3.63) is 28.8 Å². The molecule has 20 heavy (non-hydrogen) atoms. The highest BCUT2D eigenvalue weighted by atomic mass is 16.5. The summed E-state index contributed by atoms with van der Waals surface area (Å²) in [5, 5.41) is 19.6. The minimum atomic E-state index is -1.51. The molecule has 1 aromatic carbocycles. The number of carboxylic acid groups (broad SMARTS) is 1. The highest BCUT2D eigenvalue weighted by molar-refractivity contribution is 5.95. The van der Waals surface area contributed by atoms with Crippen molar-refractivity contribution in [1.82, 2.24) is 0 Å². The number of ether oxygens (including phenoxy) is 2. The number of fused-ring (bicyclic) bond motifs is 1. The molecule has 1 heterocycles. The monoisotopic (exact) mass is 272 g/mol. The van der Waals surface area contributed by atoms with Gasteiger partial charge in [-0.05, 0) is 32.1 Å². The van der Waals surface area contributed by atoms with Crippen LogP contribution in [0.5, 0.6) is 11.5 Å². The molecule has 0 saturated heterocycles. The van der Waals surface area contributed by atoms with Gasteiger partial charge >= 0.3 is 0 Å². The molecule has 1 aromatic rings. The van der Waals surface area contributed by atoms with Crippen molar-refractivity contribution in [3.8, 4) is 17.6 Å². The maximum Gasteiger partial charge on any atom is 0.127 e. The van der Waals surface area contributed by atoms with Gasteiger partial charge in [0.25, 0.3) is 0 Å². The van der Waals surface area contributed by atoms with E-state index in [0.717, 1.165) is 12.0 Å². The van der Waals surface area contributed by atoms with E-state index in [9.17, 15) is 9.90 Å². The van der Waals surface area contributed by atoms with Gasteiger partial charge in [0.05, 0.1) is 18.1 Å². The number of nitrogens with zero attached hydrogens (tertiary/aromatic N) is 1. The van der Waals surface area contributed by atoms with Crippen LogP contribution in [0.2, 0.25) is 0 Å². The molecule has 5 nitrogen and oxygen atoms in total. The summed E-state index contributed by atoms with van der Waals surface area (Å²) in [5.41, 5.74) is 1.07. The maximum absolute atomic E-state index is 10.8. The van der Waals surface area contributed by atoms with Gasteiger partial charge in [0.2, 0.25) is 0 Å². The van der Waals surface area contributed by atoms with E-state index in [1.165, 1.54) is 6.08 Å². The lowest BCUT2D eigenvalue weighted by atomic mass is 10.0. The molecule has 0 fully saturated rings. The molecule has 0 spiro atoms. The summed E-state index contributed by atoms with van der Waals surface area (Å²) in [4.78, 5) is 10.8. The van der Waals surface area contributed by atoms with Gasteiger partial charge in [-0.1, -0.05) is 0 Å². The standard InChI is InChI=1S/C15H15NO4/c1-3-19-13-6-10-4-9(2)20-14(10)7-11(13)5-12(8-16)15(17)18/h5-7,9H,3-4H2,1-2H3,(H,17,18)/p-1/b12-5+/t9-/m0/s1. The first kappa shape index (κ1) is 13.9. The van der Waals surface area contributed by atoms with Crippen molar-refractivity contribution in [2.45, 2.75) is 26.4 Å². The fourth-order valence-electron chi connectivity index (χ4n) is 2.14. The van der Waals surface area contributed by atoms with Crippen LogP contribution in [0, 0.1) is 11.3 Å². The Morgan fingerprint density at radius 3 is 3.00 bits per heavy atom. The third kappa shape index (κ3) is 2.75. The number of carbonyl (C=O) groups excluding carboxylic acids is 1. The molecular weight excluding hydrogens is 258 g/mol. The molecule has 0 amide bonds. The lowest BCUT2D eigenvalue weighted by Gasteiger charge is -2.10. The Balaban J connectivity index is 2.49. The van der Waals surface area contributed by atoms with E-state index in [0.29, 0.717) is 23.7 Å². The second-order valence-corrected chi connectivity index (χ2v) is 4.52. The molecule has 0 unspecified atom stereocenters. The first-order valence-corrected chi connectivity index (χ1v) is 6.34. The Bertz CT molecular complexity index is 613. The quantitative estimate of drug-likeness (QED) is 0.604. The Hall–Kier alpha value is -2.48. The molecule has 1 aliphatic heterocycles. The molecule has 0 saturated carbocycles. The zero-order valence-corrected chi connectivity index (χ0v) is 11.3. The number of aliphatic carboxylic acids is 1. The highest BCUT2D eigenvalue weighted by Gasteiger charge is 2.21. The van der Waals surface area contributed by atoms with E-state index in [2.05, 4.69) is 0 Å². The number of nitriles is 1. The summed E-state index contributed by atoms with van der Waals surface area (Å²) in [6.07, 6.45) is 2.10. The highest BCUT2D eigenvalue weighted by Crippen LogP contribution is 2.36.